The molecule has 12 atom stereocenters. The number of amides is 1. The predicted molar refractivity (Wildman–Crippen MR) is 254 cm³/mol. The number of nitrogens with one attached hydrogen (secondary N) is 1. The lowest BCUT2D eigenvalue weighted by Crippen LogP contribution is -2.65. The molecule has 2 aliphatic rings. The second kappa shape index (κ2) is 38.8. The number of aliphatic hydroxyl groups is 8. The minimum absolute atomic E-state index is 0.203. The Morgan fingerprint density at radius 3 is 1.31 bits per heavy atom. The zero-order chi connectivity index (χ0) is 47.5. The fourth-order valence-electron chi connectivity index (χ4n) is 9.18. The van der Waals surface area contributed by atoms with Gasteiger partial charge in [-0.2, -0.15) is 0 Å². The first-order valence-corrected chi connectivity index (χ1v) is 26.8. The van der Waals surface area contributed by atoms with Crippen molar-refractivity contribution in [3.63, 3.8) is 0 Å². The van der Waals surface area contributed by atoms with Crippen LogP contribution in [0.2, 0.25) is 0 Å². The number of hydrogen-bond acceptors (Lipinski definition) is 13. The molecule has 12 unspecified atom stereocenters. The lowest BCUT2D eigenvalue weighted by atomic mass is 9.97. The summed E-state index contributed by atoms with van der Waals surface area (Å²) in [5.74, 6) is -0.203. The Kier molecular flexibility index (Phi) is 35.9. The summed E-state index contributed by atoms with van der Waals surface area (Å²) >= 11 is 0. The summed E-state index contributed by atoms with van der Waals surface area (Å²) in [6, 6.07) is -0.821. The highest BCUT2D eigenvalue weighted by Crippen LogP contribution is 2.30. The third kappa shape index (κ3) is 26.0. The summed E-state index contributed by atoms with van der Waals surface area (Å²) in [4.78, 5) is 13.2. The van der Waals surface area contributed by atoms with Gasteiger partial charge in [0.05, 0.1) is 32.0 Å². The van der Waals surface area contributed by atoms with E-state index in [0.29, 0.717) is 12.8 Å². The van der Waals surface area contributed by atoms with Crippen molar-refractivity contribution < 1.29 is 64.6 Å². The van der Waals surface area contributed by atoms with Crippen LogP contribution in [-0.4, -0.2) is 140 Å². The largest absolute Gasteiger partial charge is 0.394 e. The van der Waals surface area contributed by atoms with E-state index in [1.165, 1.54) is 148 Å². The van der Waals surface area contributed by atoms with E-state index in [9.17, 15) is 45.6 Å². The van der Waals surface area contributed by atoms with E-state index >= 15 is 0 Å². The first kappa shape index (κ1) is 60.1. The van der Waals surface area contributed by atoms with Crippen LogP contribution in [0.25, 0.3) is 0 Å². The van der Waals surface area contributed by atoms with Gasteiger partial charge in [0.2, 0.25) is 5.91 Å². The fraction of sp³-hybridized carbons (Fsp3) is 0.980. The van der Waals surface area contributed by atoms with Gasteiger partial charge in [-0.15, -0.1) is 0 Å². The number of carbonyl (C=O) groups is 1. The number of aliphatic hydroxyl groups excluding tert-OH is 8. The molecule has 2 rings (SSSR count). The third-order valence-corrected chi connectivity index (χ3v) is 13.6. The van der Waals surface area contributed by atoms with Crippen molar-refractivity contribution in [2.75, 3.05) is 19.8 Å². The van der Waals surface area contributed by atoms with Crippen molar-refractivity contribution in [2.24, 2.45) is 0 Å². The predicted octanol–water partition coefficient (Wildman–Crippen LogP) is 7.39. The monoisotopic (exact) mass is 934 g/mol. The molecule has 2 heterocycles. The zero-order valence-electron chi connectivity index (χ0n) is 41.0. The summed E-state index contributed by atoms with van der Waals surface area (Å²) in [7, 11) is 0. The van der Waals surface area contributed by atoms with Crippen LogP contribution in [0.15, 0.2) is 0 Å². The third-order valence-electron chi connectivity index (χ3n) is 13.6. The Hall–Kier alpha value is -1.01. The van der Waals surface area contributed by atoms with E-state index in [-0.39, 0.29) is 12.5 Å². The van der Waals surface area contributed by atoms with Crippen LogP contribution in [-0.2, 0) is 23.7 Å². The molecule has 2 fully saturated rings. The smallest absolute Gasteiger partial charge is 0.220 e. The van der Waals surface area contributed by atoms with Gasteiger partial charge >= 0.3 is 0 Å². The van der Waals surface area contributed by atoms with E-state index in [2.05, 4.69) is 19.2 Å². The maximum atomic E-state index is 13.2. The lowest BCUT2D eigenvalue weighted by Gasteiger charge is -2.46. The lowest BCUT2D eigenvalue weighted by molar-refractivity contribution is -0.359. The van der Waals surface area contributed by atoms with Crippen LogP contribution in [0, 0.1) is 0 Å². The van der Waals surface area contributed by atoms with E-state index in [1.807, 2.05) is 0 Å². The molecule has 2 aliphatic heterocycles. The molecule has 0 spiro atoms. The van der Waals surface area contributed by atoms with Gasteiger partial charge in [-0.25, -0.2) is 0 Å². The van der Waals surface area contributed by atoms with Crippen LogP contribution in [0.4, 0.5) is 0 Å². The van der Waals surface area contributed by atoms with Crippen molar-refractivity contribution >= 4 is 5.91 Å². The second-order valence-corrected chi connectivity index (χ2v) is 19.4. The number of carbonyl (C=O) groups excluding carboxylic acids is 1. The molecule has 65 heavy (non-hydrogen) atoms. The summed E-state index contributed by atoms with van der Waals surface area (Å²) in [6.07, 6.45) is 22.4. The number of ether oxygens (including phenoxy) is 4. The molecular weight excluding hydrogens is 835 g/mol. The van der Waals surface area contributed by atoms with Crippen LogP contribution in [0.5, 0.6) is 0 Å². The molecule has 0 saturated carbocycles. The van der Waals surface area contributed by atoms with Gasteiger partial charge in [0.15, 0.2) is 12.6 Å². The number of rotatable bonds is 42. The number of hydrogen-bond donors (Lipinski definition) is 9. The number of unbranched alkanes of at least 4 members (excludes halogenated alkanes) is 29. The van der Waals surface area contributed by atoms with E-state index in [4.69, 9.17) is 18.9 Å². The van der Waals surface area contributed by atoms with Gasteiger partial charge in [-0.05, 0) is 12.8 Å². The molecule has 14 nitrogen and oxygen atoms in total. The molecule has 14 heteroatoms. The average molecular weight is 934 g/mol. The summed E-state index contributed by atoms with van der Waals surface area (Å²) in [5, 5.41) is 87.0. The van der Waals surface area contributed by atoms with Crippen molar-refractivity contribution in [1.29, 1.82) is 0 Å². The van der Waals surface area contributed by atoms with Gasteiger partial charge in [-0.1, -0.05) is 206 Å². The zero-order valence-corrected chi connectivity index (χ0v) is 41.0. The van der Waals surface area contributed by atoms with Crippen molar-refractivity contribution in [3.8, 4) is 0 Å². The van der Waals surface area contributed by atoms with Crippen LogP contribution in [0.1, 0.15) is 226 Å². The molecule has 0 radical (unpaired) electrons. The molecule has 386 valence electrons. The second-order valence-electron chi connectivity index (χ2n) is 19.4. The van der Waals surface area contributed by atoms with Crippen LogP contribution < -0.4 is 5.32 Å². The standard InChI is InChI=1S/C51H99NO13/c1-3-5-7-9-11-13-15-17-19-20-21-22-24-26-28-30-32-34-40(55)39(52-43(56)35-33-31-29-27-25-23-18-16-14-12-10-8-6-4-2)38-62-50-48(61)46(59)49(42(37-54)64-50)65-51-47(60)45(58)44(57)41(36-53)63-51/h39-42,44-51,53-55,57-61H,3-38H2,1-2H3,(H,52,56). The maximum Gasteiger partial charge on any atom is 0.220 e. The maximum absolute atomic E-state index is 13.2. The van der Waals surface area contributed by atoms with Crippen molar-refractivity contribution in [2.45, 2.75) is 299 Å². The Labute approximate surface area is 393 Å². The summed E-state index contributed by atoms with van der Waals surface area (Å²) < 4.78 is 22.8. The van der Waals surface area contributed by atoms with Gasteiger partial charge in [0.25, 0.3) is 0 Å². The quantitative estimate of drug-likeness (QED) is 0.0273. The highest BCUT2D eigenvalue weighted by molar-refractivity contribution is 5.76. The van der Waals surface area contributed by atoms with Crippen molar-refractivity contribution in [3.05, 3.63) is 0 Å². The fourth-order valence-corrected chi connectivity index (χ4v) is 9.18. The SMILES string of the molecule is CCCCCCCCCCCCCCCCCCCC(O)C(COC1OC(CO)C(OC2OC(CO)C(O)C(O)C2O)C(O)C1O)NC(=O)CCCCCCCCCCCCCCCC. The molecule has 0 aromatic carbocycles. The highest BCUT2D eigenvalue weighted by Gasteiger charge is 2.51. The van der Waals surface area contributed by atoms with Gasteiger partial charge < -0.3 is 65.1 Å². The van der Waals surface area contributed by atoms with E-state index in [1.54, 1.807) is 0 Å². The van der Waals surface area contributed by atoms with E-state index in [0.717, 1.165) is 51.4 Å². The van der Waals surface area contributed by atoms with Gasteiger partial charge in [0, 0.05) is 6.42 Å². The molecular formula is C51H99NO13. The Balaban J connectivity index is 1.81. The minimum Gasteiger partial charge on any atom is -0.394 e. The summed E-state index contributed by atoms with van der Waals surface area (Å²) in [6.45, 7) is 2.87. The molecule has 1 amide bonds. The molecule has 9 N–H and O–H groups in total. The summed E-state index contributed by atoms with van der Waals surface area (Å²) in [5.41, 5.74) is 0. The van der Waals surface area contributed by atoms with Gasteiger partial charge in [-0.3, -0.25) is 4.79 Å². The Bertz CT molecular complexity index is 1100. The normalized spacial score (nSPS) is 26.9. The molecule has 0 bridgehead atoms. The first-order valence-electron chi connectivity index (χ1n) is 26.8. The molecule has 0 aromatic heterocycles. The minimum atomic E-state index is -1.78. The molecule has 0 aromatic rings. The Morgan fingerprint density at radius 1 is 0.492 bits per heavy atom. The van der Waals surface area contributed by atoms with E-state index < -0.39 is 86.8 Å². The van der Waals surface area contributed by atoms with Crippen LogP contribution >= 0.6 is 0 Å². The Morgan fingerprint density at radius 2 is 0.877 bits per heavy atom. The highest BCUT2D eigenvalue weighted by atomic mass is 16.7. The molecule has 2 saturated heterocycles. The molecule has 0 aliphatic carbocycles. The van der Waals surface area contributed by atoms with Gasteiger partial charge in [0.1, 0.15) is 48.8 Å². The van der Waals surface area contributed by atoms with Crippen LogP contribution in [0.3, 0.4) is 0 Å². The van der Waals surface area contributed by atoms with Crippen molar-refractivity contribution in [1.82, 2.24) is 5.32 Å². The average Bonchev–Trinajstić information content (AvgIpc) is 3.30. The first-order chi connectivity index (χ1) is 31.6. The topological polar surface area (TPSA) is 228 Å².